The lowest BCUT2D eigenvalue weighted by molar-refractivity contribution is 0.560. The molecule has 0 unspecified atom stereocenters. The van der Waals surface area contributed by atoms with Crippen LogP contribution >= 0.6 is 23.2 Å². The van der Waals surface area contributed by atoms with Crippen LogP contribution in [0.3, 0.4) is 0 Å². The average molecular weight is 259 g/mol. The summed E-state index contributed by atoms with van der Waals surface area (Å²) >= 11 is 12.1. The molecule has 0 N–H and O–H groups in total. The normalized spacial score (nSPS) is 18.4. The van der Waals surface area contributed by atoms with E-state index in [4.69, 9.17) is 23.2 Å². The van der Waals surface area contributed by atoms with Crippen LogP contribution in [-0.4, -0.2) is 9.97 Å². The minimum atomic E-state index is 0.443. The summed E-state index contributed by atoms with van der Waals surface area (Å²) in [6.07, 6.45) is 7.49. The van der Waals surface area contributed by atoms with Crippen LogP contribution in [0, 0.1) is 6.92 Å². The summed E-state index contributed by atoms with van der Waals surface area (Å²) in [5.74, 6) is 1.28. The van der Waals surface area contributed by atoms with Crippen LogP contribution in [0.1, 0.15) is 55.8 Å². The first-order valence-electron chi connectivity index (χ1n) is 5.88. The predicted molar refractivity (Wildman–Crippen MR) is 67.2 cm³/mol. The van der Waals surface area contributed by atoms with Crippen molar-refractivity contribution in [3.05, 3.63) is 21.7 Å². The van der Waals surface area contributed by atoms with E-state index in [1.165, 1.54) is 25.7 Å². The molecule has 1 aromatic heterocycles. The van der Waals surface area contributed by atoms with Gasteiger partial charge >= 0.3 is 0 Å². The van der Waals surface area contributed by atoms with E-state index >= 15 is 0 Å². The Morgan fingerprint density at radius 2 is 1.44 bits per heavy atom. The molecule has 1 aliphatic rings. The Labute approximate surface area is 106 Å². The van der Waals surface area contributed by atoms with Crippen molar-refractivity contribution < 1.29 is 0 Å². The molecule has 1 saturated carbocycles. The molecule has 0 atom stereocenters. The predicted octanol–water partition coefficient (Wildman–Crippen LogP) is 4.53. The molecule has 16 heavy (non-hydrogen) atoms. The van der Waals surface area contributed by atoms with Gasteiger partial charge in [0, 0.05) is 11.5 Å². The molecule has 0 radical (unpaired) electrons. The van der Waals surface area contributed by atoms with Crippen molar-refractivity contribution in [3.63, 3.8) is 0 Å². The lowest BCUT2D eigenvalue weighted by Crippen LogP contribution is -2.05. The van der Waals surface area contributed by atoms with Crippen LogP contribution in [0.4, 0.5) is 0 Å². The van der Waals surface area contributed by atoms with Gasteiger partial charge in [0.15, 0.2) is 0 Å². The maximum atomic E-state index is 6.04. The van der Waals surface area contributed by atoms with Gasteiger partial charge in [-0.3, -0.25) is 0 Å². The highest BCUT2D eigenvalue weighted by molar-refractivity contribution is 6.34. The van der Waals surface area contributed by atoms with E-state index in [-0.39, 0.29) is 0 Å². The van der Waals surface area contributed by atoms with E-state index in [0.717, 1.165) is 24.2 Å². The smallest absolute Gasteiger partial charge is 0.137 e. The van der Waals surface area contributed by atoms with Gasteiger partial charge < -0.3 is 0 Å². The van der Waals surface area contributed by atoms with Crippen LogP contribution < -0.4 is 0 Å². The molecule has 0 amide bonds. The molecule has 88 valence electrons. The highest BCUT2D eigenvalue weighted by Crippen LogP contribution is 2.31. The second kappa shape index (κ2) is 5.33. The van der Waals surface area contributed by atoms with Gasteiger partial charge in [-0.05, 0) is 19.8 Å². The fourth-order valence-electron chi connectivity index (χ4n) is 2.20. The van der Waals surface area contributed by atoms with Gasteiger partial charge in [0.1, 0.15) is 16.1 Å². The number of halogens is 2. The number of aromatic nitrogens is 2. The Hall–Kier alpha value is -0.340. The molecule has 0 spiro atoms. The third-order valence-electron chi connectivity index (χ3n) is 3.26. The number of hydrogen-bond donors (Lipinski definition) is 0. The minimum absolute atomic E-state index is 0.443. The summed E-state index contributed by atoms with van der Waals surface area (Å²) < 4.78 is 0. The number of hydrogen-bond acceptors (Lipinski definition) is 2. The SMILES string of the molecule is Cc1c(Cl)nc(C2CCCCCC2)nc1Cl. The fraction of sp³-hybridized carbons (Fsp3) is 0.667. The first-order chi connectivity index (χ1) is 7.68. The van der Waals surface area contributed by atoms with Gasteiger partial charge in [-0.2, -0.15) is 0 Å². The first-order valence-corrected chi connectivity index (χ1v) is 6.63. The van der Waals surface area contributed by atoms with E-state index in [1.807, 2.05) is 6.92 Å². The summed E-state index contributed by atoms with van der Waals surface area (Å²) in [7, 11) is 0. The lowest BCUT2D eigenvalue weighted by atomic mass is 9.99. The summed E-state index contributed by atoms with van der Waals surface area (Å²) in [5, 5.41) is 0.999. The number of nitrogens with zero attached hydrogens (tertiary/aromatic N) is 2. The van der Waals surface area contributed by atoms with Gasteiger partial charge in [-0.15, -0.1) is 0 Å². The van der Waals surface area contributed by atoms with Gasteiger partial charge in [0.25, 0.3) is 0 Å². The fourth-order valence-corrected chi connectivity index (χ4v) is 2.60. The molecule has 1 heterocycles. The van der Waals surface area contributed by atoms with Crippen LogP contribution in [-0.2, 0) is 0 Å². The largest absolute Gasteiger partial charge is 0.221 e. The molecular weight excluding hydrogens is 243 g/mol. The third-order valence-corrected chi connectivity index (χ3v) is 4.00. The van der Waals surface area contributed by atoms with Crippen LogP contribution in [0.2, 0.25) is 10.3 Å². The average Bonchev–Trinajstić information content (AvgIpc) is 2.53. The molecule has 0 bridgehead atoms. The molecular formula is C12H16Cl2N2. The van der Waals surface area contributed by atoms with Crippen LogP contribution in [0.15, 0.2) is 0 Å². The minimum Gasteiger partial charge on any atom is -0.221 e. The quantitative estimate of drug-likeness (QED) is 0.547. The van der Waals surface area contributed by atoms with Gasteiger partial charge in [0.05, 0.1) is 0 Å². The molecule has 1 aliphatic carbocycles. The van der Waals surface area contributed by atoms with Crippen LogP contribution in [0.5, 0.6) is 0 Å². The zero-order valence-corrected chi connectivity index (χ0v) is 11.0. The van der Waals surface area contributed by atoms with E-state index in [0.29, 0.717) is 16.2 Å². The van der Waals surface area contributed by atoms with Gasteiger partial charge in [0.2, 0.25) is 0 Å². The summed E-state index contributed by atoms with van der Waals surface area (Å²) in [6, 6.07) is 0. The maximum absolute atomic E-state index is 6.04. The Bertz CT molecular complexity index is 348. The Morgan fingerprint density at radius 1 is 0.938 bits per heavy atom. The highest BCUT2D eigenvalue weighted by Gasteiger charge is 2.19. The van der Waals surface area contributed by atoms with E-state index < -0.39 is 0 Å². The molecule has 0 saturated heterocycles. The van der Waals surface area contributed by atoms with E-state index in [1.54, 1.807) is 0 Å². The number of rotatable bonds is 1. The molecule has 2 rings (SSSR count). The van der Waals surface area contributed by atoms with E-state index in [2.05, 4.69) is 9.97 Å². The Kier molecular flexibility index (Phi) is 4.04. The highest BCUT2D eigenvalue weighted by atomic mass is 35.5. The van der Waals surface area contributed by atoms with Crippen molar-refractivity contribution in [1.82, 2.24) is 9.97 Å². The monoisotopic (exact) mass is 258 g/mol. The lowest BCUT2D eigenvalue weighted by Gasteiger charge is -2.13. The molecule has 4 heteroatoms. The summed E-state index contributed by atoms with van der Waals surface area (Å²) in [5.41, 5.74) is 0.778. The molecule has 2 nitrogen and oxygen atoms in total. The second-order valence-electron chi connectivity index (χ2n) is 4.48. The summed E-state index contributed by atoms with van der Waals surface area (Å²) in [4.78, 5) is 8.74. The zero-order valence-electron chi connectivity index (χ0n) is 9.47. The summed E-state index contributed by atoms with van der Waals surface area (Å²) in [6.45, 7) is 1.85. The van der Waals surface area contributed by atoms with E-state index in [9.17, 15) is 0 Å². The Morgan fingerprint density at radius 3 is 1.94 bits per heavy atom. The van der Waals surface area contributed by atoms with Crippen molar-refractivity contribution in [2.45, 2.75) is 51.4 Å². The molecule has 0 aliphatic heterocycles. The zero-order chi connectivity index (χ0) is 11.5. The van der Waals surface area contributed by atoms with Crippen LogP contribution in [0.25, 0.3) is 0 Å². The van der Waals surface area contributed by atoms with Gasteiger partial charge in [-0.25, -0.2) is 9.97 Å². The van der Waals surface area contributed by atoms with Gasteiger partial charge in [-0.1, -0.05) is 48.9 Å². The standard InChI is InChI=1S/C12H16Cl2N2/c1-8-10(13)15-12(16-11(8)14)9-6-4-2-3-5-7-9/h9H,2-7H2,1H3. The van der Waals surface area contributed by atoms with Crippen molar-refractivity contribution >= 4 is 23.2 Å². The second-order valence-corrected chi connectivity index (χ2v) is 5.19. The molecule has 1 fully saturated rings. The van der Waals surface area contributed by atoms with Crippen molar-refractivity contribution in [1.29, 1.82) is 0 Å². The molecule has 0 aromatic carbocycles. The maximum Gasteiger partial charge on any atom is 0.137 e. The first kappa shape index (κ1) is 12.1. The van der Waals surface area contributed by atoms with Crippen molar-refractivity contribution in [2.24, 2.45) is 0 Å². The topological polar surface area (TPSA) is 25.8 Å². The van der Waals surface area contributed by atoms with Crippen molar-refractivity contribution in [2.75, 3.05) is 0 Å². The Balaban J connectivity index is 2.25. The molecule has 1 aromatic rings. The van der Waals surface area contributed by atoms with Crippen molar-refractivity contribution in [3.8, 4) is 0 Å². The third kappa shape index (κ3) is 2.67.